The molecule has 1 aromatic rings. The van der Waals surface area contributed by atoms with Gasteiger partial charge in [-0.2, -0.15) is 0 Å². The summed E-state index contributed by atoms with van der Waals surface area (Å²) in [5.41, 5.74) is 0. The van der Waals surface area contributed by atoms with Crippen LogP contribution in [0.3, 0.4) is 0 Å². The zero-order valence-electron chi connectivity index (χ0n) is 11.3. The minimum Gasteiger partial charge on any atom is -0.391 e. The van der Waals surface area contributed by atoms with Crippen LogP contribution in [-0.4, -0.2) is 28.9 Å². The zero-order valence-corrected chi connectivity index (χ0v) is 12.2. The second-order valence-electron chi connectivity index (χ2n) is 5.05. The Labute approximate surface area is 123 Å². The molecule has 0 radical (unpaired) electrons. The van der Waals surface area contributed by atoms with Crippen LogP contribution in [0, 0.1) is 5.82 Å². The van der Waals surface area contributed by atoms with Crippen molar-refractivity contribution in [1.82, 2.24) is 5.32 Å². The van der Waals surface area contributed by atoms with E-state index in [0.717, 1.165) is 25.7 Å². The third-order valence-electron chi connectivity index (χ3n) is 3.50. The Morgan fingerprint density at radius 2 is 2.10 bits per heavy atom. The quantitative estimate of drug-likeness (QED) is 0.822. The molecular formula is C15H20FNO2S. The molecule has 1 aliphatic rings. The van der Waals surface area contributed by atoms with E-state index in [1.165, 1.54) is 17.8 Å². The Morgan fingerprint density at radius 1 is 1.35 bits per heavy atom. The van der Waals surface area contributed by atoms with Gasteiger partial charge in [0.2, 0.25) is 5.91 Å². The lowest BCUT2D eigenvalue weighted by atomic mass is 9.92. The van der Waals surface area contributed by atoms with Crippen molar-refractivity contribution >= 4 is 17.7 Å². The Bertz CT molecular complexity index is 455. The van der Waals surface area contributed by atoms with Crippen LogP contribution in [0.4, 0.5) is 4.39 Å². The summed E-state index contributed by atoms with van der Waals surface area (Å²) in [6, 6.07) is 6.44. The molecule has 20 heavy (non-hydrogen) atoms. The van der Waals surface area contributed by atoms with E-state index < -0.39 is 6.10 Å². The highest BCUT2D eigenvalue weighted by atomic mass is 32.2. The third kappa shape index (κ3) is 4.49. The van der Waals surface area contributed by atoms with Crippen molar-refractivity contribution in [3.05, 3.63) is 30.1 Å². The van der Waals surface area contributed by atoms with Crippen molar-refractivity contribution in [1.29, 1.82) is 0 Å². The van der Waals surface area contributed by atoms with E-state index in [4.69, 9.17) is 0 Å². The zero-order chi connectivity index (χ0) is 14.4. The van der Waals surface area contributed by atoms with E-state index in [1.807, 2.05) is 0 Å². The van der Waals surface area contributed by atoms with Crippen LogP contribution in [0.1, 0.15) is 32.1 Å². The number of nitrogens with one attached hydrogen (secondary N) is 1. The van der Waals surface area contributed by atoms with Crippen molar-refractivity contribution in [2.24, 2.45) is 0 Å². The lowest BCUT2D eigenvalue weighted by molar-refractivity contribution is -0.122. The standard InChI is InChI=1S/C15H20FNO2S/c16-11-5-1-4-8-14(11)20-10-9-15(19)17-12-6-2-3-7-13(12)18/h1,4-5,8,12-13,18H,2-3,6-7,9-10H2,(H,17,19)/t12-,13-/m0/s1. The van der Waals surface area contributed by atoms with Crippen LogP contribution in [0.5, 0.6) is 0 Å². The maximum absolute atomic E-state index is 13.4. The number of hydrogen-bond acceptors (Lipinski definition) is 3. The van der Waals surface area contributed by atoms with Crippen LogP contribution >= 0.6 is 11.8 Å². The fraction of sp³-hybridized carbons (Fsp3) is 0.533. The lowest BCUT2D eigenvalue weighted by Crippen LogP contribution is -2.45. The van der Waals surface area contributed by atoms with Crippen molar-refractivity contribution in [2.45, 2.75) is 49.1 Å². The van der Waals surface area contributed by atoms with Crippen molar-refractivity contribution in [2.75, 3.05) is 5.75 Å². The van der Waals surface area contributed by atoms with Gasteiger partial charge in [-0.15, -0.1) is 11.8 Å². The number of benzene rings is 1. The van der Waals surface area contributed by atoms with Gasteiger partial charge in [-0.1, -0.05) is 25.0 Å². The Morgan fingerprint density at radius 3 is 2.85 bits per heavy atom. The second kappa shape index (κ2) is 7.64. The molecule has 0 saturated heterocycles. The molecule has 1 fully saturated rings. The largest absolute Gasteiger partial charge is 0.391 e. The number of thioether (sulfide) groups is 1. The van der Waals surface area contributed by atoms with E-state index >= 15 is 0 Å². The first-order valence-corrected chi connectivity index (χ1v) is 8.00. The molecule has 0 unspecified atom stereocenters. The van der Waals surface area contributed by atoms with Crippen molar-refractivity contribution in [3.63, 3.8) is 0 Å². The monoisotopic (exact) mass is 297 g/mol. The second-order valence-corrected chi connectivity index (χ2v) is 6.19. The average Bonchev–Trinajstić information content (AvgIpc) is 2.43. The number of aliphatic hydroxyl groups excluding tert-OH is 1. The molecule has 0 spiro atoms. The van der Waals surface area contributed by atoms with Gasteiger partial charge in [0.05, 0.1) is 12.1 Å². The first-order chi connectivity index (χ1) is 9.66. The molecule has 2 N–H and O–H groups in total. The number of hydrogen-bond donors (Lipinski definition) is 2. The van der Waals surface area contributed by atoms with Gasteiger partial charge in [0.1, 0.15) is 5.82 Å². The summed E-state index contributed by atoms with van der Waals surface area (Å²) in [5.74, 6) is 0.218. The summed E-state index contributed by atoms with van der Waals surface area (Å²) < 4.78 is 13.4. The van der Waals surface area contributed by atoms with Gasteiger partial charge in [-0.25, -0.2) is 4.39 Å². The molecular weight excluding hydrogens is 277 g/mol. The minimum atomic E-state index is -0.424. The molecule has 1 amide bonds. The molecule has 1 aliphatic carbocycles. The van der Waals surface area contributed by atoms with E-state index in [2.05, 4.69) is 5.32 Å². The number of carbonyl (C=O) groups excluding carboxylic acids is 1. The lowest BCUT2D eigenvalue weighted by Gasteiger charge is -2.28. The minimum absolute atomic E-state index is 0.0696. The number of rotatable bonds is 5. The first-order valence-electron chi connectivity index (χ1n) is 7.01. The SMILES string of the molecule is O=C(CCSc1ccccc1F)N[C@H]1CCCC[C@@H]1O. The molecule has 1 saturated carbocycles. The molecule has 2 atom stereocenters. The number of halogens is 1. The summed E-state index contributed by atoms with van der Waals surface area (Å²) in [5, 5.41) is 12.7. The normalized spacial score (nSPS) is 22.5. The third-order valence-corrected chi connectivity index (χ3v) is 4.55. The molecule has 0 aliphatic heterocycles. The molecule has 2 rings (SSSR count). The maximum Gasteiger partial charge on any atom is 0.221 e. The highest BCUT2D eigenvalue weighted by molar-refractivity contribution is 7.99. The van der Waals surface area contributed by atoms with Crippen LogP contribution < -0.4 is 5.32 Å². The molecule has 0 heterocycles. The number of carbonyl (C=O) groups is 1. The van der Waals surface area contributed by atoms with Gasteiger partial charge < -0.3 is 10.4 Å². The van der Waals surface area contributed by atoms with Crippen LogP contribution in [-0.2, 0) is 4.79 Å². The van der Waals surface area contributed by atoms with Gasteiger partial charge in [-0.05, 0) is 25.0 Å². The van der Waals surface area contributed by atoms with Gasteiger partial charge in [0.15, 0.2) is 0 Å². The van der Waals surface area contributed by atoms with Crippen molar-refractivity contribution < 1.29 is 14.3 Å². The summed E-state index contributed by atoms with van der Waals surface area (Å²) in [7, 11) is 0. The fourth-order valence-electron chi connectivity index (χ4n) is 2.37. The van der Waals surface area contributed by atoms with Gasteiger partial charge in [0.25, 0.3) is 0 Å². The molecule has 3 nitrogen and oxygen atoms in total. The molecule has 1 aromatic carbocycles. The van der Waals surface area contributed by atoms with Gasteiger partial charge in [-0.3, -0.25) is 4.79 Å². The predicted molar refractivity (Wildman–Crippen MR) is 78.1 cm³/mol. The fourth-order valence-corrected chi connectivity index (χ4v) is 3.26. The molecule has 110 valence electrons. The van der Waals surface area contributed by atoms with Gasteiger partial charge in [0, 0.05) is 17.1 Å². The Hall–Kier alpha value is -1.07. The summed E-state index contributed by atoms with van der Waals surface area (Å²) >= 11 is 1.34. The highest BCUT2D eigenvalue weighted by Crippen LogP contribution is 2.22. The van der Waals surface area contributed by atoms with Gasteiger partial charge >= 0.3 is 0 Å². The first kappa shape index (κ1) is 15.3. The molecule has 0 aromatic heterocycles. The summed E-state index contributed by atoms with van der Waals surface area (Å²) in [6.07, 6.45) is 3.58. The smallest absolute Gasteiger partial charge is 0.221 e. The van der Waals surface area contributed by atoms with E-state index in [-0.39, 0.29) is 17.8 Å². The molecule has 0 bridgehead atoms. The Balaban J connectivity index is 1.71. The summed E-state index contributed by atoms with van der Waals surface area (Å²) in [6.45, 7) is 0. The van der Waals surface area contributed by atoms with Crippen LogP contribution in [0.2, 0.25) is 0 Å². The van der Waals surface area contributed by atoms with E-state index in [0.29, 0.717) is 17.1 Å². The average molecular weight is 297 g/mol. The topological polar surface area (TPSA) is 49.3 Å². The van der Waals surface area contributed by atoms with Crippen LogP contribution in [0.25, 0.3) is 0 Å². The Kier molecular flexibility index (Phi) is 5.86. The maximum atomic E-state index is 13.4. The number of aliphatic hydroxyl groups is 1. The van der Waals surface area contributed by atoms with E-state index in [1.54, 1.807) is 18.2 Å². The number of amides is 1. The van der Waals surface area contributed by atoms with E-state index in [9.17, 15) is 14.3 Å². The predicted octanol–water partition coefficient (Wildman–Crippen LogP) is 2.73. The van der Waals surface area contributed by atoms with Crippen molar-refractivity contribution in [3.8, 4) is 0 Å². The summed E-state index contributed by atoms with van der Waals surface area (Å²) in [4.78, 5) is 12.4. The molecule has 5 heteroatoms. The highest BCUT2D eigenvalue weighted by Gasteiger charge is 2.24. The van der Waals surface area contributed by atoms with Crippen LogP contribution in [0.15, 0.2) is 29.2 Å².